The smallest absolute Gasteiger partial charge is 0.128 e. The lowest BCUT2D eigenvalue weighted by molar-refractivity contribution is 0.429. The van der Waals surface area contributed by atoms with Crippen LogP contribution in [0.5, 0.6) is 0 Å². The summed E-state index contributed by atoms with van der Waals surface area (Å²) in [6.45, 7) is 4.32. The fraction of sp³-hybridized carbons (Fsp3) is 0.364. The number of aromatic nitrogens is 1. The van der Waals surface area contributed by atoms with Crippen molar-refractivity contribution in [3.8, 4) is 0 Å². The first-order valence-electron chi connectivity index (χ1n) is 9.71. The van der Waals surface area contributed by atoms with Crippen LogP contribution in [0, 0.1) is 11.2 Å². The normalized spacial score (nSPS) is 16.8. The van der Waals surface area contributed by atoms with E-state index in [2.05, 4.69) is 15.6 Å². The maximum Gasteiger partial charge on any atom is 0.128 e. The van der Waals surface area contributed by atoms with E-state index >= 15 is 0 Å². The van der Waals surface area contributed by atoms with Gasteiger partial charge in [0.1, 0.15) is 11.7 Å². The van der Waals surface area contributed by atoms with E-state index in [4.69, 9.17) is 5.41 Å². The molecular weight excluding hydrogens is 353 g/mol. The molecule has 0 spiro atoms. The highest BCUT2D eigenvalue weighted by Crippen LogP contribution is 2.13. The third kappa shape index (κ3) is 4.75. The van der Waals surface area contributed by atoms with Gasteiger partial charge in [-0.2, -0.15) is 0 Å². The summed E-state index contributed by atoms with van der Waals surface area (Å²) in [6.07, 6.45) is 9.62. The molecule has 6 heteroatoms. The van der Waals surface area contributed by atoms with Gasteiger partial charge in [-0.1, -0.05) is 18.2 Å². The molecule has 5 nitrogen and oxygen atoms in total. The first-order chi connectivity index (χ1) is 13.6. The molecular formula is C22H28FN5. The molecule has 1 aliphatic heterocycles. The van der Waals surface area contributed by atoms with Crippen molar-refractivity contribution >= 4 is 24.2 Å². The van der Waals surface area contributed by atoms with E-state index in [1.54, 1.807) is 19.3 Å². The van der Waals surface area contributed by atoms with Gasteiger partial charge < -0.3 is 15.2 Å². The highest BCUT2D eigenvalue weighted by Gasteiger charge is 2.15. The summed E-state index contributed by atoms with van der Waals surface area (Å²) in [5.74, 6) is -0.00504. The Balaban J connectivity index is 1.78. The molecule has 0 unspecified atom stereocenters. The van der Waals surface area contributed by atoms with Crippen molar-refractivity contribution in [1.29, 1.82) is 5.41 Å². The number of halogens is 1. The minimum atomic E-state index is -0.291. The topological polar surface area (TPSA) is 65.2 Å². The summed E-state index contributed by atoms with van der Waals surface area (Å²) in [4.78, 5) is 4.01. The zero-order valence-electron chi connectivity index (χ0n) is 16.5. The van der Waals surface area contributed by atoms with E-state index in [0.717, 1.165) is 36.5 Å². The summed E-state index contributed by atoms with van der Waals surface area (Å²) in [5.41, 5.74) is 1.18. The van der Waals surface area contributed by atoms with Crippen LogP contribution in [0.1, 0.15) is 30.9 Å². The van der Waals surface area contributed by atoms with Crippen LogP contribution >= 0.6 is 0 Å². The Bertz CT molecular complexity index is 967. The minimum Gasteiger partial charge on any atom is -0.367 e. The molecule has 0 aliphatic carbocycles. The molecule has 148 valence electrons. The second kappa shape index (κ2) is 9.46. The largest absolute Gasteiger partial charge is 0.367 e. The Morgan fingerprint density at radius 1 is 1.36 bits per heavy atom. The van der Waals surface area contributed by atoms with Gasteiger partial charge in [-0.3, -0.25) is 10.4 Å². The van der Waals surface area contributed by atoms with E-state index < -0.39 is 0 Å². The van der Waals surface area contributed by atoms with Crippen LogP contribution in [0.2, 0.25) is 0 Å². The van der Waals surface area contributed by atoms with Gasteiger partial charge in [-0.15, -0.1) is 0 Å². The van der Waals surface area contributed by atoms with Crippen LogP contribution in [-0.2, 0) is 6.54 Å². The van der Waals surface area contributed by atoms with Gasteiger partial charge in [-0.05, 0) is 56.3 Å². The van der Waals surface area contributed by atoms with Gasteiger partial charge in [-0.25, -0.2) is 4.39 Å². The standard InChI is InChI=1S/C22H28FN5/c1-3-16-9-13-28(21(16)8-10-25-2)15-18-5-4-17(14-20(18)23)22(24)27-19-6-11-26-12-7-19/h3-5,8-10,13-14,19,26H,6-7,11-12,15H2,1-2H3,(H2,24,27)/b16-3-,21-8+,25-10+. The molecule has 0 radical (unpaired) electrons. The summed E-state index contributed by atoms with van der Waals surface area (Å²) in [6, 6.07) is 7.34. The molecule has 0 bridgehead atoms. The predicted molar refractivity (Wildman–Crippen MR) is 114 cm³/mol. The van der Waals surface area contributed by atoms with Crippen molar-refractivity contribution in [3.05, 3.63) is 58.0 Å². The number of hydrogen-bond acceptors (Lipinski definition) is 3. The molecule has 2 heterocycles. The molecule has 2 aromatic rings. The SMILES string of the molecule is C/C=c1/ccn(Cc2ccc(C(=N)NC3CCNCC3)cc2F)/c1=C/C=N/C. The zero-order valence-corrected chi connectivity index (χ0v) is 16.5. The molecule has 0 saturated carbocycles. The lowest BCUT2D eigenvalue weighted by Gasteiger charge is -2.25. The Morgan fingerprint density at radius 2 is 2.14 bits per heavy atom. The van der Waals surface area contributed by atoms with Crippen LogP contribution in [-0.4, -0.2) is 42.8 Å². The van der Waals surface area contributed by atoms with E-state index in [0.29, 0.717) is 17.7 Å². The first kappa shape index (κ1) is 20.0. The fourth-order valence-corrected chi connectivity index (χ4v) is 3.49. The molecule has 1 saturated heterocycles. The van der Waals surface area contributed by atoms with Crippen LogP contribution in [0.4, 0.5) is 4.39 Å². The predicted octanol–water partition coefficient (Wildman–Crippen LogP) is 1.62. The first-order valence-corrected chi connectivity index (χ1v) is 9.71. The quantitative estimate of drug-likeness (QED) is 0.544. The highest BCUT2D eigenvalue weighted by molar-refractivity contribution is 5.96. The molecule has 1 aliphatic rings. The van der Waals surface area contributed by atoms with Gasteiger partial charge in [0.25, 0.3) is 0 Å². The molecule has 28 heavy (non-hydrogen) atoms. The monoisotopic (exact) mass is 381 g/mol. The van der Waals surface area contributed by atoms with E-state index in [9.17, 15) is 4.39 Å². The summed E-state index contributed by atoms with van der Waals surface area (Å²) in [5, 5.41) is 16.9. The van der Waals surface area contributed by atoms with Crippen molar-refractivity contribution in [3.63, 3.8) is 0 Å². The molecule has 1 aromatic carbocycles. The summed E-state index contributed by atoms with van der Waals surface area (Å²) >= 11 is 0. The Labute approximate surface area is 165 Å². The number of benzene rings is 1. The Morgan fingerprint density at radius 3 is 2.82 bits per heavy atom. The third-order valence-corrected chi connectivity index (χ3v) is 5.10. The lowest BCUT2D eigenvalue weighted by atomic mass is 10.1. The number of hydrogen-bond donors (Lipinski definition) is 3. The van der Waals surface area contributed by atoms with Crippen LogP contribution in [0.25, 0.3) is 12.2 Å². The average Bonchev–Trinajstić information content (AvgIpc) is 3.10. The molecule has 3 N–H and O–H groups in total. The highest BCUT2D eigenvalue weighted by atomic mass is 19.1. The Hall–Kier alpha value is -2.73. The van der Waals surface area contributed by atoms with Crippen molar-refractivity contribution < 1.29 is 4.39 Å². The molecule has 0 atom stereocenters. The average molecular weight is 381 g/mol. The number of amidine groups is 1. The van der Waals surface area contributed by atoms with Crippen LogP contribution < -0.4 is 21.2 Å². The van der Waals surface area contributed by atoms with Gasteiger partial charge in [0.05, 0.1) is 6.54 Å². The summed E-state index contributed by atoms with van der Waals surface area (Å²) < 4.78 is 16.8. The number of nitrogens with zero attached hydrogens (tertiary/aromatic N) is 2. The minimum absolute atomic E-state index is 0.276. The van der Waals surface area contributed by atoms with Crippen molar-refractivity contribution in [1.82, 2.24) is 15.2 Å². The number of nitrogens with one attached hydrogen (secondary N) is 3. The van der Waals surface area contributed by atoms with Gasteiger partial charge in [0.2, 0.25) is 0 Å². The maximum absolute atomic E-state index is 14.8. The maximum atomic E-state index is 14.8. The van der Waals surface area contributed by atoms with Gasteiger partial charge in [0.15, 0.2) is 0 Å². The number of piperidine rings is 1. The van der Waals surface area contributed by atoms with E-state index in [-0.39, 0.29) is 17.7 Å². The molecule has 1 aromatic heterocycles. The Kier molecular flexibility index (Phi) is 6.76. The summed E-state index contributed by atoms with van der Waals surface area (Å²) in [7, 11) is 1.73. The lowest BCUT2D eigenvalue weighted by Crippen LogP contribution is -2.42. The van der Waals surface area contributed by atoms with Crippen molar-refractivity contribution in [2.24, 2.45) is 4.99 Å². The van der Waals surface area contributed by atoms with Crippen LogP contribution in [0.15, 0.2) is 35.5 Å². The second-order valence-electron chi connectivity index (χ2n) is 7.00. The van der Waals surface area contributed by atoms with Gasteiger partial charge >= 0.3 is 0 Å². The van der Waals surface area contributed by atoms with Gasteiger partial charge in [0, 0.05) is 42.0 Å². The van der Waals surface area contributed by atoms with Crippen LogP contribution in [0.3, 0.4) is 0 Å². The molecule has 0 amide bonds. The molecule has 3 rings (SSSR count). The number of aliphatic imine (C=N–C) groups is 1. The third-order valence-electron chi connectivity index (χ3n) is 5.10. The van der Waals surface area contributed by atoms with E-state index in [1.807, 2.05) is 42.0 Å². The number of rotatable bonds is 5. The van der Waals surface area contributed by atoms with Crippen molar-refractivity contribution in [2.45, 2.75) is 32.4 Å². The van der Waals surface area contributed by atoms with Crippen molar-refractivity contribution in [2.75, 3.05) is 20.1 Å². The fourth-order valence-electron chi connectivity index (χ4n) is 3.49. The zero-order chi connectivity index (χ0) is 19.9. The second-order valence-corrected chi connectivity index (χ2v) is 7.00. The molecule has 1 fully saturated rings. The van der Waals surface area contributed by atoms with E-state index in [1.165, 1.54) is 6.07 Å².